The monoisotopic (exact) mass is 233 g/mol. The van der Waals surface area contributed by atoms with Crippen LogP contribution in [0.25, 0.3) is 0 Å². The second-order valence-corrected chi connectivity index (χ2v) is 3.77. The smallest absolute Gasteiger partial charge is 0.289 e. The average molecular weight is 233 g/mol. The highest BCUT2D eigenvalue weighted by Gasteiger charge is 2.14. The maximum atomic E-state index is 13.0. The molecule has 3 nitrogen and oxygen atoms in total. The molecule has 0 saturated carbocycles. The molecule has 2 rings (SSSR count). The van der Waals surface area contributed by atoms with Crippen molar-refractivity contribution in [2.75, 3.05) is 7.05 Å². The van der Waals surface area contributed by atoms with Crippen LogP contribution < -0.4 is 0 Å². The van der Waals surface area contributed by atoms with E-state index in [2.05, 4.69) is 0 Å². The SMILES string of the molecule is CN(Cc1cccc(F)c1)C(=O)c1ccco1. The van der Waals surface area contributed by atoms with Gasteiger partial charge in [0.25, 0.3) is 5.91 Å². The molecule has 0 aliphatic heterocycles. The zero-order valence-electron chi connectivity index (χ0n) is 9.39. The summed E-state index contributed by atoms with van der Waals surface area (Å²) >= 11 is 0. The Morgan fingerprint density at radius 2 is 2.18 bits per heavy atom. The van der Waals surface area contributed by atoms with Crippen LogP contribution in [0.5, 0.6) is 0 Å². The van der Waals surface area contributed by atoms with Gasteiger partial charge in [0.15, 0.2) is 5.76 Å². The van der Waals surface area contributed by atoms with E-state index in [0.717, 1.165) is 5.56 Å². The zero-order valence-corrected chi connectivity index (χ0v) is 9.39. The lowest BCUT2D eigenvalue weighted by molar-refractivity contribution is 0.0753. The number of carbonyl (C=O) groups is 1. The first-order valence-corrected chi connectivity index (χ1v) is 5.20. The highest BCUT2D eigenvalue weighted by molar-refractivity contribution is 5.91. The maximum absolute atomic E-state index is 13.0. The largest absolute Gasteiger partial charge is 0.459 e. The molecular formula is C13H12FNO2. The Morgan fingerprint density at radius 1 is 1.35 bits per heavy atom. The third kappa shape index (κ3) is 2.72. The van der Waals surface area contributed by atoms with Gasteiger partial charge >= 0.3 is 0 Å². The van der Waals surface area contributed by atoms with Crippen molar-refractivity contribution in [3.63, 3.8) is 0 Å². The molecule has 1 heterocycles. The van der Waals surface area contributed by atoms with Gasteiger partial charge in [-0.15, -0.1) is 0 Å². The number of hydrogen-bond donors (Lipinski definition) is 0. The van der Waals surface area contributed by atoms with Crippen molar-refractivity contribution in [1.29, 1.82) is 0 Å². The van der Waals surface area contributed by atoms with E-state index in [1.165, 1.54) is 23.3 Å². The Bertz CT molecular complexity index is 508. The number of amides is 1. The quantitative estimate of drug-likeness (QED) is 0.816. The molecule has 0 spiro atoms. The summed E-state index contributed by atoms with van der Waals surface area (Å²) in [7, 11) is 1.65. The molecule has 0 unspecified atom stereocenters. The molecule has 0 aliphatic rings. The standard InChI is InChI=1S/C13H12FNO2/c1-15(13(16)12-6-3-7-17-12)9-10-4-2-5-11(14)8-10/h2-8H,9H2,1H3. The number of hydrogen-bond acceptors (Lipinski definition) is 2. The van der Waals surface area contributed by atoms with Crippen LogP contribution >= 0.6 is 0 Å². The maximum Gasteiger partial charge on any atom is 0.289 e. The van der Waals surface area contributed by atoms with Crippen LogP contribution in [-0.2, 0) is 6.54 Å². The fourth-order valence-electron chi connectivity index (χ4n) is 1.57. The van der Waals surface area contributed by atoms with Crippen LogP contribution in [0, 0.1) is 5.82 Å². The molecule has 0 bridgehead atoms. The summed E-state index contributed by atoms with van der Waals surface area (Å²) in [5, 5.41) is 0. The van der Waals surface area contributed by atoms with Gasteiger partial charge in [-0.25, -0.2) is 4.39 Å². The topological polar surface area (TPSA) is 33.5 Å². The first-order chi connectivity index (χ1) is 8.16. The van der Waals surface area contributed by atoms with Crippen molar-refractivity contribution < 1.29 is 13.6 Å². The lowest BCUT2D eigenvalue weighted by Crippen LogP contribution is -2.25. The molecule has 17 heavy (non-hydrogen) atoms. The summed E-state index contributed by atoms with van der Waals surface area (Å²) in [6.07, 6.45) is 1.45. The minimum atomic E-state index is -0.304. The van der Waals surface area contributed by atoms with Gasteiger partial charge in [-0.05, 0) is 29.8 Å². The molecule has 0 saturated heterocycles. The first kappa shape index (κ1) is 11.4. The predicted octanol–water partition coefficient (Wildman–Crippen LogP) is 2.69. The van der Waals surface area contributed by atoms with E-state index in [1.807, 2.05) is 0 Å². The Hall–Kier alpha value is -2.10. The summed E-state index contributed by atoms with van der Waals surface area (Å²) in [5.74, 6) is -0.246. The van der Waals surface area contributed by atoms with E-state index in [4.69, 9.17) is 4.42 Å². The van der Waals surface area contributed by atoms with Crippen LogP contribution in [0.15, 0.2) is 47.1 Å². The summed E-state index contributed by atoms with van der Waals surface area (Å²) in [6, 6.07) is 9.43. The van der Waals surface area contributed by atoms with Crippen molar-refractivity contribution >= 4 is 5.91 Å². The zero-order chi connectivity index (χ0) is 12.3. The van der Waals surface area contributed by atoms with Crippen LogP contribution in [0.2, 0.25) is 0 Å². The molecule has 0 fully saturated rings. The molecule has 4 heteroatoms. The van der Waals surface area contributed by atoms with Gasteiger partial charge in [-0.2, -0.15) is 0 Å². The van der Waals surface area contributed by atoms with Gasteiger partial charge in [-0.1, -0.05) is 12.1 Å². The van der Waals surface area contributed by atoms with Crippen molar-refractivity contribution in [3.8, 4) is 0 Å². The van der Waals surface area contributed by atoms with Gasteiger partial charge < -0.3 is 9.32 Å². The molecule has 0 aliphatic carbocycles. The minimum Gasteiger partial charge on any atom is -0.459 e. The highest BCUT2D eigenvalue weighted by Crippen LogP contribution is 2.10. The third-order valence-corrected chi connectivity index (χ3v) is 2.39. The van der Waals surface area contributed by atoms with E-state index in [0.29, 0.717) is 6.54 Å². The number of halogens is 1. The molecule has 0 radical (unpaired) electrons. The number of furan rings is 1. The molecule has 1 aromatic heterocycles. The van der Waals surface area contributed by atoms with Crippen LogP contribution in [0.1, 0.15) is 16.1 Å². The Kier molecular flexibility index (Phi) is 3.23. The second kappa shape index (κ2) is 4.82. The van der Waals surface area contributed by atoms with Gasteiger partial charge in [0.1, 0.15) is 5.82 Å². The van der Waals surface area contributed by atoms with Gasteiger partial charge in [0.05, 0.1) is 6.26 Å². The van der Waals surface area contributed by atoms with E-state index in [-0.39, 0.29) is 17.5 Å². The fraction of sp³-hybridized carbons (Fsp3) is 0.154. The molecule has 1 amide bonds. The lowest BCUT2D eigenvalue weighted by Gasteiger charge is -2.15. The second-order valence-electron chi connectivity index (χ2n) is 3.77. The molecule has 2 aromatic rings. The van der Waals surface area contributed by atoms with Crippen molar-refractivity contribution in [2.45, 2.75) is 6.54 Å². The number of benzene rings is 1. The number of nitrogens with zero attached hydrogens (tertiary/aromatic N) is 1. The Labute approximate surface area is 98.5 Å². The predicted molar refractivity (Wildman–Crippen MR) is 60.9 cm³/mol. The van der Waals surface area contributed by atoms with E-state index < -0.39 is 0 Å². The molecule has 0 N–H and O–H groups in total. The summed E-state index contributed by atoms with van der Waals surface area (Å²) in [5.41, 5.74) is 0.743. The number of rotatable bonds is 3. The highest BCUT2D eigenvalue weighted by atomic mass is 19.1. The third-order valence-electron chi connectivity index (χ3n) is 2.39. The lowest BCUT2D eigenvalue weighted by atomic mass is 10.2. The number of carbonyl (C=O) groups excluding carboxylic acids is 1. The van der Waals surface area contributed by atoms with Crippen LogP contribution in [-0.4, -0.2) is 17.9 Å². The van der Waals surface area contributed by atoms with Gasteiger partial charge in [0.2, 0.25) is 0 Å². The van der Waals surface area contributed by atoms with Crippen molar-refractivity contribution in [2.24, 2.45) is 0 Å². The molecule has 1 aromatic carbocycles. The first-order valence-electron chi connectivity index (χ1n) is 5.20. The molecule has 0 atom stereocenters. The minimum absolute atomic E-state index is 0.223. The van der Waals surface area contributed by atoms with Crippen LogP contribution in [0.4, 0.5) is 4.39 Å². The average Bonchev–Trinajstić information content (AvgIpc) is 2.81. The van der Waals surface area contributed by atoms with E-state index >= 15 is 0 Å². The fourth-order valence-corrected chi connectivity index (χ4v) is 1.57. The summed E-state index contributed by atoms with van der Waals surface area (Å²) < 4.78 is 18.0. The summed E-state index contributed by atoms with van der Waals surface area (Å²) in [6.45, 7) is 0.345. The van der Waals surface area contributed by atoms with Gasteiger partial charge in [-0.3, -0.25) is 4.79 Å². The van der Waals surface area contributed by atoms with Crippen molar-refractivity contribution in [3.05, 3.63) is 59.8 Å². The van der Waals surface area contributed by atoms with Gasteiger partial charge in [0, 0.05) is 13.6 Å². The normalized spacial score (nSPS) is 10.2. The van der Waals surface area contributed by atoms with Crippen molar-refractivity contribution in [1.82, 2.24) is 4.90 Å². The Balaban J connectivity index is 2.07. The van der Waals surface area contributed by atoms with E-state index in [1.54, 1.807) is 31.3 Å². The van der Waals surface area contributed by atoms with E-state index in [9.17, 15) is 9.18 Å². The Morgan fingerprint density at radius 3 is 2.82 bits per heavy atom. The molecular weight excluding hydrogens is 221 g/mol. The summed E-state index contributed by atoms with van der Waals surface area (Å²) in [4.78, 5) is 13.3. The molecule has 88 valence electrons. The van der Waals surface area contributed by atoms with Crippen LogP contribution in [0.3, 0.4) is 0 Å².